The molecule has 0 radical (unpaired) electrons. The smallest absolute Gasteiger partial charge is 0.347 e. The van der Waals surface area contributed by atoms with Crippen LogP contribution in [0.3, 0.4) is 0 Å². The van der Waals surface area contributed by atoms with Gasteiger partial charge in [-0.25, -0.2) is 9.78 Å². The fraction of sp³-hybridized carbons (Fsp3) is 0.286. The number of carboxylic acid groups (broad SMARTS) is 1. The molecule has 0 saturated heterocycles. The number of hydrogen-bond donors (Lipinski definition) is 1. The summed E-state index contributed by atoms with van der Waals surface area (Å²) in [5.74, 6) is -0.430. The molecule has 1 atom stereocenters. The highest BCUT2D eigenvalue weighted by atomic mass is 32.2. The SMILES string of the molecule is Cc1cccc(C(Sc2ccc(OC(C)(C)C(=O)O)c(C)c2)c2ncns2)c1. The maximum absolute atomic E-state index is 11.3. The summed E-state index contributed by atoms with van der Waals surface area (Å²) < 4.78 is 9.86. The summed E-state index contributed by atoms with van der Waals surface area (Å²) in [5, 5.41) is 10.3. The Morgan fingerprint density at radius 2 is 2.00 bits per heavy atom. The lowest BCUT2D eigenvalue weighted by atomic mass is 10.1. The number of carboxylic acids is 1. The minimum absolute atomic E-state index is 0.0361. The van der Waals surface area contributed by atoms with E-state index in [9.17, 15) is 9.90 Å². The van der Waals surface area contributed by atoms with Crippen LogP contribution in [-0.4, -0.2) is 26.0 Å². The Bertz CT molecular complexity index is 972. The largest absolute Gasteiger partial charge is 0.478 e. The van der Waals surface area contributed by atoms with Crippen molar-refractivity contribution in [2.45, 2.75) is 43.4 Å². The topological polar surface area (TPSA) is 72.3 Å². The number of carbonyl (C=O) groups is 1. The first-order valence-electron chi connectivity index (χ1n) is 8.79. The van der Waals surface area contributed by atoms with Gasteiger partial charge in [-0.15, -0.1) is 11.8 Å². The van der Waals surface area contributed by atoms with Crippen molar-refractivity contribution in [2.75, 3.05) is 0 Å². The molecule has 0 saturated carbocycles. The van der Waals surface area contributed by atoms with Crippen molar-refractivity contribution in [3.63, 3.8) is 0 Å². The molecule has 1 heterocycles. The summed E-state index contributed by atoms with van der Waals surface area (Å²) in [4.78, 5) is 16.8. The molecule has 1 N–H and O–H groups in total. The first kappa shape index (κ1) is 20.4. The van der Waals surface area contributed by atoms with Gasteiger partial charge in [0, 0.05) is 4.90 Å². The van der Waals surface area contributed by atoms with E-state index in [2.05, 4.69) is 40.5 Å². The van der Waals surface area contributed by atoms with Crippen LogP contribution in [0.15, 0.2) is 53.7 Å². The Balaban J connectivity index is 1.88. The fourth-order valence-corrected chi connectivity index (χ4v) is 4.57. The summed E-state index contributed by atoms with van der Waals surface area (Å²) in [6.07, 6.45) is 1.58. The van der Waals surface area contributed by atoms with Crippen LogP contribution in [0.25, 0.3) is 0 Å². The lowest BCUT2D eigenvalue weighted by molar-refractivity contribution is -0.152. The van der Waals surface area contributed by atoms with E-state index >= 15 is 0 Å². The van der Waals surface area contributed by atoms with Gasteiger partial charge in [0.1, 0.15) is 17.1 Å². The molecule has 1 unspecified atom stereocenters. The molecule has 0 spiro atoms. The second-order valence-electron chi connectivity index (χ2n) is 7.04. The minimum atomic E-state index is -1.28. The van der Waals surface area contributed by atoms with Gasteiger partial charge in [0.15, 0.2) is 5.60 Å². The lowest BCUT2D eigenvalue weighted by Crippen LogP contribution is -2.38. The van der Waals surface area contributed by atoms with E-state index in [1.807, 2.05) is 25.1 Å². The van der Waals surface area contributed by atoms with Gasteiger partial charge < -0.3 is 9.84 Å². The van der Waals surface area contributed by atoms with Crippen LogP contribution >= 0.6 is 23.3 Å². The van der Waals surface area contributed by atoms with E-state index in [1.54, 1.807) is 31.9 Å². The molecule has 0 bridgehead atoms. The molecule has 28 heavy (non-hydrogen) atoms. The third kappa shape index (κ3) is 4.72. The van der Waals surface area contributed by atoms with Crippen molar-refractivity contribution < 1.29 is 14.6 Å². The molecule has 1 aromatic heterocycles. The van der Waals surface area contributed by atoms with Gasteiger partial charge in [-0.3, -0.25) is 0 Å². The van der Waals surface area contributed by atoms with Gasteiger partial charge in [-0.05, 0) is 68.6 Å². The Kier molecular flexibility index (Phi) is 6.05. The molecule has 7 heteroatoms. The molecule has 0 aliphatic heterocycles. The zero-order valence-electron chi connectivity index (χ0n) is 16.2. The van der Waals surface area contributed by atoms with E-state index in [0.717, 1.165) is 15.5 Å². The summed E-state index contributed by atoms with van der Waals surface area (Å²) >= 11 is 3.09. The third-order valence-electron chi connectivity index (χ3n) is 4.23. The van der Waals surface area contributed by atoms with Crippen LogP contribution in [0, 0.1) is 13.8 Å². The molecular formula is C21H22N2O3S2. The van der Waals surface area contributed by atoms with Gasteiger partial charge in [0.05, 0.1) is 5.25 Å². The molecule has 0 aliphatic carbocycles. The van der Waals surface area contributed by atoms with Gasteiger partial charge in [0.2, 0.25) is 0 Å². The predicted molar refractivity (Wildman–Crippen MR) is 112 cm³/mol. The number of nitrogens with zero attached hydrogens (tertiary/aromatic N) is 2. The third-order valence-corrected chi connectivity index (χ3v) is 6.36. The molecule has 3 aromatic rings. The number of aryl methyl sites for hydroxylation is 2. The first-order valence-corrected chi connectivity index (χ1v) is 10.4. The van der Waals surface area contributed by atoms with Crippen molar-refractivity contribution in [3.05, 3.63) is 70.5 Å². The quantitative estimate of drug-likeness (QED) is 0.530. The number of benzene rings is 2. The maximum atomic E-state index is 11.3. The normalized spacial score (nSPS) is 12.6. The summed E-state index contributed by atoms with van der Waals surface area (Å²) in [6, 6.07) is 14.2. The van der Waals surface area contributed by atoms with Gasteiger partial charge >= 0.3 is 5.97 Å². The second-order valence-corrected chi connectivity index (χ2v) is 9.03. The van der Waals surface area contributed by atoms with Crippen molar-refractivity contribution in [2.24, 2.45) is 0 Å². The van der Waals surface area contributed by atoms with Gasteiger partial charge in [0.25, 0.3) is 0 Å². The number of ether oxygens (including phenoxy) is 1. The Hall–Kier alpha value is -2.38. The van der Waals surface area contributed by atoms with Gasteiger partial charge in [-0.1, -0.05) is 29.8 Å². The molecule has 146 valence electrons. The van der Waals surface area contributed by atoms with Crippen LogP contribution in [0.2, 0.25) is 0 Å². The molecule has 2 aromatic carbocycles. The monoisotopic (exact) mass is 414 g/mol. The highest BCUT2D eigenvalue weighted by molar-refractivity contribution is 7.99. The molecule has 3 rings (SSSR count). The van der Waals surface area contributed by atoms with E-state index in [0.29, 0.717) is 5.75 Å². The molecular weight excluding hydrogens is 392 g/mol. The van der Waals surface area contributed by atoms with Crippen molar-refractivity contribution in [3.8, 4) is 5.75 Å². The first-order chi connectivity index (χ1) is 13.3. The Morgan fingerprint density at radius 1 is 1.21 bits per heavy atom. The van der Waals surface area contributed by atoms with Crippen LogP contribution in [0.5, 0.6) is 5.75 Å². The number of rotatable bonds is 7. The number of hydrogen-bond acceptors (Lipinski definition) is 6. The van der Waals surface area contributed by atoms with Crippen molar-refractivity contribution >= 4 is 29.3 Å². The zero-order valence-corrected chi connectivity index (χ0v) is 17.8. The van der Waals surface area contributed by atoms with E-state index in [4.69, 9.17) is 4.74 Å². The second kappa shape index (κ2) is 8.32. The summed E-state index contributed by atoms with van der Waals surface area (Å²) in [5.41, 5.74) is 1.98. The number of aliphatic carboxylic acids is 1. The average molecular weight is 415 g/mol. The van der Waals surface area contributed by atoms with Crippen LogP contribution in [0.4, 0.5) is 0 Å². The lowest BCUT2D eigenvalue weighted by Gasteiger charge is -2.23. The maximum Gasteiger partial charge on any atom is 0.347 e. The zero-order chi connectivity index (χ0) is 20.3. The summed E-state index contributed by atoms with van der Waals surface area (Å²) in [7, 11) is 0. The van der Waals surface area contributed by atoms with Crippen LogP contribution in [0.1, 0.15) is 40.8 Å². The minimum Gasteiger partial charge on any atom is -0.478 e. The standard InChI is InChI=1S/C21H22N2O3S2/c1-13-6-5-7-15(10-13)18(19-22-12-23-28-19)27-16-8-9-17(14(2)11-16)26-21(3,4)20(24)25/h5-12,18H,1-4H3,(H,24,25). The average Bonchev–Trinajstić information content (AvgIpc) is 3.16. The molecule has 0 aliphatic rings. The van der Waals surface area contributed by atoms with E-state index < -0.39 is 11.6 Å². The van der Waals surface area contributed by atoms with Gasteiger partial charge in [-0.2, -0.15) is 4.37 Å². The highest BCUT2D eigenvalue weighted by Gasteiger charge is 2.30. The van der Waals surface area contributed by atoms with E-state index in [1.165, 1.54) is 22.7 Å². The Labute approximate surface area is 173 Å². The number of aromatic nitrogens is 2. The van der Waals surface area contributed by atoms with Crippen molar-refractivity contribution in [1.82, 2.24) is 9.36 Å². The van der Waals surface area contributed by atoms with Crippen molar-refractivity contribution in [1.29, 1.82) is 0 Å². The summed E-state index contributed by atoms with van der Waals surface area (Å²) in [6.45, 7) is 7.08. The van der Waals surface area contributed by atoms with Crippen LogP contribution in [-0.2, 0) is 4.79 Å². The fourth-order valence-electron chi connectivity index (χ4n) is 2.66. The number of thioether (sulfide) groups is 1. The molecule has 5 nitrogen and oxygen atoms in total. The Morgan fingerprint density at radius 3 is 2.61 bits per heavy atom. The molecule has 0 amide bonds. The van der Waals surface area contributed by atoms with Crippen LogP contribution < -0.4 is 4.74 Å². The highest BCUT2D eigenvalue weighted by Crippen LogP contribution is 2.42. The van der Waals surface area contributed by atoms with E-state index in [-0.39, 0.29) is 5.25 Å². The molecule has 0 fully saturated rings. The predicted octanol–water partition coefficient (Wildman–Crippen LogP) is 5.28.